The Kier molecular flexibility index (Phi) is 2.98. The van der Waals surface area contributed by atoms with E-state index in [0.29, 0.717) is 13.2 Å². The summed E-state index contributed by atoms with van der Waals surface area (Å²) in [5, 5.41) is 1.30. The van der Waals surface area contributed by atoms with Crippen LogP contribution in [0.1, 0.15) is 16.8 Å². The van der Waals surface area contributed by atoms with E-state index in [2.05, 4.69) is 0 Å². The topological polar surface area (TPSA) is 55.6 Å². The van der Waals surface area contributed by atoms with Crippen molar-refractivity contribution in [3.8, 4) is 0 Å². The number of hydrogen-bond donors (Lipinski definition) is 1. The average molecular weight is 245 g/mol. The first kappa shape index (κ1) is 11.2. The van der Waals surface area contributed by atoms with Crippen molar-refractivity contribution in [2.75, 3.05) is 18.9 Å². The van der Waals surface area contributed by atoms with Crippen LogP contribution in [0.4, 0.5) is 10.1 Å². The third kappa shape index (κ3) is 1.96. The van der Waals surface area contributed by atoms with Crippen molar-refractivity contribution in [2.24, 2.45) is 0 Å². The quantitative estimate of drug-likeness (QED) is 0.767. The molecule has 4 nitrogen and oxygen atoms in total. The van der Waals surface area contributed by atoms with Gasteiger partial charge in [0.15, 0.2) is 0 Å². The lowest BCUT2D eigenvalue weighted by Crippen LogP contribution is -2.27. The molecule has 1 aliphatic rings. The van der Waals surface area contributed by atoms with E-state index < -0.39 is 11.7 Å². The normalized spacial score (nSPS) is 15.5. The predicted octanol–water partition coefficient (Wildman–Crippen LogP) is 1.84. The Labute approximate surface area is 96.7 Å². The minimum absolute atomic E-state index is 0.0342. The number of nitrogens with zero attached hydrogens (tertiary/aromatic N) is 1. The van der Waals surface area contributed by atoms with Crippen molar-refractivity contribution in [1.29, 1.82) is 0 Å². The molecule has 86 valence electrons. The molecule has 1 aliphatic heterocycles. The van der Waals surface area contributed by atoms with E-state index in [1.165, 1.54) is 11.1 Å². The first-order valence-corrected chi connectivity index (χ1v) is 5.16. The van der Waals surface area contributed by atoms with Gasteiger partial charge in [-0.15, -0.1) is 0 Å². The third-order valence-electron chi connectivity index (χ3n) is 2.30. The van der Waals surface area contributed by atoms with Gasteiger partial charge in [0.1, 0.15) is 5.82 Å². The van der Waals surface area contributed by atoms with E-state index in [9.17, 15) is 9.18 Å². The van der Waals surface area contributed by atoms with Crippen LogP contribution in [0.25, 0.3) is 0 Å². The van der Waals surface area contributed by atoms with Crippen molar-refractivity contribution in [2.45, 2.75) is 6.42 Å². The number of hydrogen-bond acceptors (Lipinski definition) is 3. The molecule has 0 radical (unpaired) electrons. The molecule has 2 rings (SSSR count). The molecule has 16 heavy (non-hydrogen) atoms. The third-order valence-corrected chi connectivity index (χ3v) is 2.52. The summed E-state index contributed by atoms with van der Waals surface area (Å²) in [5.74, 6) is -1.16. The highest BCUT2D eigenvalue weighted by molar-refractivity contribution is 6.31. The molecule has 2 N–H and O–H groups in total. The fraction of sp³-hybridized carbons (Fsp3) is 0.300. The summed E-state index contributed by atoms with van der Waals surface area (Å²) < 4.78 is 13.3. The van der Waals surface area contributed by atoms with Crippen LogP contribution in [-0.4, -0.2) is 24.1 Å². The molecule has 1 aromatic carbocycles. The smallest absolute Gasteiger partial charge is 0.279 e. The molecule has 0 spiro atoms. The number of anilines is 1. The highest BCUT2D eigenvalue weighted by Crippen LogP contribution is 2.24. The number of amides is 1. The van der Waals surface area contributed by atoms with Crippen LogP contribution in [0.2, 0.25) is 5.02 Å². The van der Waals surface area contributed by atoms with Gasteiger partial charge in [-0.05, 0) is 18.6 Å². The summed E-state index contributed by atoms with van der Waals surface area (Å²) in [6.45, 7) is 0.959. The minimum Gasteiger partial charge on any atom is -0.396 e. The van der Waals surface area contributed by atoms with E-state index in [1.54, 1.807) is 0 Å². The summed E-state index contributed by atoms with van der Waals surface area (Å²) in [6.07, 6.45) is 0.759. The Morgan fingerprint density at radius 1 is 1.56 bits per heavy atom. The van der Waals surface area contributed by atoms with Crippen LogP contribution in [0.15, 0.2) is 12.1 Å². The first-order chi connectivity index (χ1) is 7.59. The van der Waals surface area contributed by atoms with Gasteiger partial charge < -0.3 is 5.73 Å². The Bertz CT molecular complexity index is 433. The molecule has 0 unspecified atom stereocenters. The average Bonchev–Trinajstić information content (AvgIpc) is 2.75. The number of hydroxylamine groups is 2. The molecular formula is C10H10ClFN2O2. The zero-order valence-corrected chi connectivity index (χ0v) is 9.13. The summed E-state index contributed by atoms with van der Waals surface area (Å²) in [6, 6.07) is 2.41. The van der Waals surface area contributed by atoms with Gasteiger partial charge in [0.25, 0.3) is 5.91 Å². The van der Waals surface area contributed by atoms with Gasteiger partial charge in [-0.1, -0.05) is 11.6 Å². The lowest BCUT2D eigenvalue weighted by molar-refractivity contribution is -0.0767. The predicted molar refractivity (Wildman–Crippen MR) is 57.4 cm³/mol. The van der Waals surface area contributed by atoms with E-state index in [4.69, 9.17) is 22.2 Å². The van der Waals surface area contributed by atoms with Gasteiger partial charge >= 0.3 is 0 Å². The van der Waals surface area contributed by atoms with Crippen LogP contribution < -0.4 is 5.73 Å². The molecule has 6 heteroatoms. The molecule has 1 saturated heterocycles. The molecule has 1 heterocycles. The first-order valence-electron chi connectivity index (χ1n) is 4.79. The van der Waals surface area contributed by atoms with Gasteiger partial charge in [0, 0.05) is 5.02 Å². The Morgan fingerprint density at radius 3 is 2.94 bits per heavy atom. The summed E-state index contributed by atoms with van der Waals surface area (Å²) in [7, 11) is 0. The number of carbonyl (C=O) groups excluding carboxylic acids is 1. The summed E-state index contributed by atoms with van der Waals surface area (Å²) in [5.41, 5.74) is 5.31. The van der Waals surface area contributed by atoms with Crippen molar-refractivity contribution in [1.82, 2.24) is 5.06 Å². The monoisotopic (exact) mass is 244 g/mol. The second kappa shape index (κ2) is 4.27. The molecule has 0 saturated carbocycles. The molecule has 1 amide bonds. The largest absolute Gasteiger partial charge is 0.396 e. The summed E-state index contributed by atoms with van der Waals surface area (Å²) in [4.78, 5) is 16.9. The Hall–Kier alpha value is -1.33. The molecule has 1 fully saturated rings. The van der Waals surface area contributed by atoms with Gasteiger partial charge in [0.05, 0.1) is 24.4 Å². The van der Waals surface area contributed by atoms with Gasteiger partial charge in [-0.25, -0.2) is 9.45 Å². The molecule has 0 atom stereocenters. The molecule has 0 bridgehead atoms. The zero-order chi connectivity index (χ0) is 11.7. The maximum Gasteiger partial charge on any atom is 0.279 e. The van der Waals surface area contributed by atoms with Gasteiger partial charge in [-0.2, -0.15) is 0 Å². The highest BCUT2D eigenvalue weighted by atomic mass is 35.5. The maximum absolute atomic E-state index is 13.3. The number of rotatable bonds is 1. The lowest BCUT2D eigenvalue weighted by atomic mass is 10.1. The van der Waals surface area contributed by atoms with Crippen LogP contribution in [0.3, 0.4) is 0 Å². The van der Waals surface area contributed by atoms with Crippen LogP contribution >= 0.6 is 11.6 Å². The minimum atomic E-state index is -0.699. The maximum atomic E-state index is 13.3. The number of benzene rings is 1. The standard InChI is InChI=1S/C10H10ClFN2O2/c11-6-4-7(9(13)8(12)5-6)10(15)14-2-1-3-16-14/h4-5H,1-3,13H2. The Morgan fingerprint density at radius 2 is 2.31 bits per heavy atom. The molecule has 0 aliphatic carbocycles. The van der Waals surface area contributed by atoms with Gasteiger partial charge in [-0.3, -0.25) is 9.63 Å². The molecule has 1 aromatic rings. The fourth-order valence-electron chi connectivity index (χ4n) is 1.50. The zero-order valence-electron chi connectivity index (χ0n) is 8.37. The number of carbonyl (C=O) groups is 1. The van der Waals surface area contributed by atoms with E-state index in [1.807, 2.05) is 0 Å². The lowest BCUT2D eigenvalue weighted by Gasteiger charge is -2.15. The Balaban J connectivity index is 2.35. The SMILES string of the molecule is Nc1c(F)cc(Cl)cc1C(=O)N1CCCO1. The second-order valence-corrected chi connectivity index (χ2v) is 3.88. The van der Waals surface area contributed by atoms with E-state index in [0.717, 1.165) is 12.5 Å². The van der Waals surface area contributed by atoms with Crippen LogP contribution in [0.5, 0.6) is 0 Å². The van der Waals surface area contributed by atoms with E-state index >= 15 is 0 Å². The molecule has 0 aromatic heterocycles. The number of halogens is 2. The van der Waals surface area contributed by atoms with Crippen LogP contribution in [0, 0.1) is 5.82 Å². The highest BCUT2D eigenvalue weighted by Gasteiger charge is 2.24. The molecular weight excluding hydrogens is 235 g/mol. The van der Waals surface area contributed by atoms with Crippen LogP contribution in [-0.2, 0) is 4.84 Å². The number of nitrogens with two attached hydrogens (primary N) is 1. The summed E-state index contributed by atoms with van der Waals surface area (Å²) >= 11 is 5.67. The fourth-order valence-corrected chi connectivity index (χ4v) is 1.71. The van der Waals surface area contributed by atoms with Crippen molar-refractivity contribution >= 4 is 23.2 Å². The van der Waals surface area contributed by atoms with Crippen molar-refractivity contribution in [3.05, 3.63) is 28.5 Å². The van der Waals surface area contributed by atoms with E-state index in [-0.39, 0.29) is 16.3 Å². The van der Waals surface area contributed by atoms with Crippen molar-refractivity contribution in [3.63, 3.8) is 0 Å². The second-order valence-electron chi connectivity index (χ2n) is 3.44. The number of nitrogen functional groups attached to an aromatic ring is 1. The van der Waals surface area contributed by atoms with Crippen molar-refractivity contribution < 1.29 is 14.0 Å². The van der Waals surface area contributed by atoms with Gasteiger partial charge in [0.2, 0.25) is 0 Å².